The van der Waals surface area contributed by atoms with Crippen molar-refractivity contribution in [2.45, 2.75) is 38.5 Å². The summed E-state index contributed by atoms with van der Waals surface area (Å²) < 4.78 is 0. The Hall–Kier alpha value is -2.67. The summed E-state index contributed by atoms with van der Waals surface area (Å²) in [6.07, 6.45) is 5.90. The van der Waals surface area contributed by atoms with Crippen LogP contribution in [-0.4, -0.2) is 5.78 Å². The molecule has 0 saturated heterocycles. The van der Waals surface area contributed by atoms with E-state index in [-0.39, 0.29) is 5.78 Å². The minimum Gasteiger partial charge on any atom is -0.289 e. The Labute approximate surface area is 154 Å². The maximum Gasteiger partial charge on any atom is 0.193 e. The summed E-state index contributed by atoms with van der Waals surface area (Å²) in [5, 5.41) is 0. The van der Waals surface area contributed by atoms with E-state index in [4.69, 9.17) is 0 Å². The van der Waals surface area contributed by atoms with Crippen molar-refractivity contribution in [3.63, 3.8) is 0 Å². The molecule has 0 unspecified atom stereocenters. The SMILES string of the molecule is O=C1c2cc3ccc2CCc2ccc(cc21)CCc1ccc(cc1)CC3. The molecule has 0 spiro atoms. The first-order valence-corrected chi connectivity index (χ1v) is 9.62. The molecular formula is C25H22O. The molecule has 128 valence electrons. The van der Waals surface area contributed by atoms with E-state index in [9.17, 15) is 4.79 Å². The van der Waals surface area contributed by atoms with Gasteiger partial charge in [-0.25, -0.2) is 0 Å². The monoisotopic (exact) mass is 338 g/mol. The van der Waals surface area contributed by atoms with E-state index in [1.54, 1.807) is 0 Å². The van der Waals surface area contributed by atoms with E-state index >= 15 is 0 Å². The van der Waals surface area contributed by atoms with Crippen LogP contribution in [0.1, 0.15) is 49.3 Å². The molecule has 6 rings (SSSR count). The van der Waals surface area contributed by atoms with Crippen LogP contribution in [0.25, 0.3) is 0 Å². The van der Waals surface area contributed by atoms with Crippen LogP contribution >= 0.6 is 0 Å². The molecule has 0 N–H and O–H groups in total. The second-order valence-electron chi connectivity index (χ2n) is 7.63. The van der Waals surface area contributed by atoms with Crippen LogP contribution in [0.4, 0.5) is 0 Å². The van der Waals surface area contributed by atoms with Crippen LogP contribution in [0.5, 0.6) is 0 Å². The normalized spacial score (nSPS) is 15.6. The zero-order chi connectivity index (χ0) is 17.5. The summed E-state index contributed by atoms with van der Waals surface area (Å²) >= 11 is 0. The molecule has 1 heteroatoms. The van der Waals surface area contributed by atoms with Crippen molar-refractivity contribution in [3.05, 3.63) is 105 Å². The molecule has 0 saturated carbocycles. The molecule has 3 aliphatic carbocycles. The first-order valence-electron chi connectivity index (χ1n) is 9.62. The van der Waals surface area contributed by atoms with Gasteiger partial charge in [-0.2, -0.15) is 0 Å². The van der Waals surface area contributed by atoms with Gasteiger partial charge in [-0.15, -0.1) is 0 Å². The second kappa shape index (κ2) is 6.25. The standard InChI is InChI=1S/C25H22O/c26-25-23-15-19-7-5-17-1-2-18(4-3-17)6-8-20-10-12-22(24(25)16-20)14-13-21(23)11-9-19/h1-4,9-12,15-16H,5-8,13-14H2. The Balaban J connectivity index is 1.67. The number of carbonyl (C=O) groups excluding carboxylic acids is 1. The van der Waals surface area contributed by atoms with Crippen LogP contribution in [0.3, 0.4) is 0 Å². The van der Waals surface area contributed by atoms with E-state index < -0.39 is 0 Å². The predicted molar refractivity (Wildman–Crippen MR) is 105 cm³/mol. The maximum absolute atomic E-state index is 13.3. The molecule has 0 aromatic heterocycles. The summed E-state index contributed by atoms with van der Waals surface area (Å²) in [4.78, 5) is 13.3. The quantitative estimate of drug-likeness (QED) is 0.570. The van der Waals surface area contributed by atoms with Gasteiger partial charge in [-0.3, -0.25) is 4.79 Å². The van der Waals surface area contributed by atoms with Crippen molar-refractivity contribution in [2.75, 3.05) is 0 Å². The molecule has 6 bridgehead atoms. The molecule has 3 aliphatic rings. The van der Waals surface area contributed by atoms with E-state index in [0.717, 1.165) is 49.7 Å². The zero-order valence-electron chi connectivity index (χ0n) is 14.9. The third kappa shape index (κ3) is 2.78. The molecule has 3 aromatic rings. The van der Waals surface area contributed by atoms with Crippen molar-refractivity contribution in [1.29, 1.82) is 0 Å². The van der Waals surface area contributed by atoms with E-state index in [1.165, 1.54) is 33.4 Å². The molecule has 0 aliphatic heterocycles. The lowest BCUT2D eigenvalue weighted by molar-refractivity contribution is 0.103. The van der Waals surface area contributed by atoms with Gasteiger partial charge in [0, 0.05) is 11.1 Å². The summed E-state index contributed by atoms with van der Waals surface area (Å²) in [5.74, 6) is 0.214. The smallest absolute Gasteiger partial charge is 0.193 e. The highest BCUT2D eigenvalue weighted by Crippen LogP contribution is 2.27. The second-order valence-corrected chi connectivity index (χ2v) is 7.63. The first kappa shape index (κ1) is 15.6. The van der Waals surface area contributed by atoms with Crippen LogP contribution in [0, 0.1) is 0 Å². The van der Waals surface area contributed by atoms with E-state index in [0.29, 0.717) is 0 Å². The van der Waals surface area contributed by atoms with Crippen molar-refractivity contribution in [2.24, 2.45) is 0 Å². The van der Waals surface area contributed by atoms with Crippen LogP contribution in [-0.2, 0) is 38.5 Å². The number of hydrogen-bond donors (Lipinski definition) is 0. The van der Waals surface area contributed by atoms with Gasteiger partial charge in [-0.1, -0.05) is 48.5 Å². The zero-order valence-corrected chi connectivity index (χ0v) is 14.9. The fourth-order valence-electron chi connectivity index (χ4n) is 4.28. The van der Waals surface area contributed by atoms with Gasteiger partial charge in [-0.05, 0) is 84.0 Å². The predicted octanol–water partition coefficient (Wildman–Crippen LogP) is 4.90. The highest BCUT2D eigenvalue weighted by atomic mass is 16.1. The van der Waals surface area contributed by atoms with Crippen molar-refractivity contribution >= 4 is 5.78 Å². The minimum atomic E-state index is 0.214. The Bertz CT molecular complexity index is 915. The molecule has 1 nitrogen and oxygen atoms in total. The minimum absolute atomic E-state index is 0.214. The molecule has 0 atom stereocenters. The molecule has 0 amide bonds. The van der Waals surface area contributed by atoms with Gasteiger partial charge in [0.15, 0.2) is 5.78 Å². The van der Waals surface area contributed by atoms with E-state index in [2.05, 4.69) is 60.7 Å². The number of ketones is 1. The highest BCUT2D eigenvalue weighted by Gasteiger charge is 2.22. The van der Waals surface area contributed by atoms with Crippen LogP contribution in [0.2, 0.25) is 0 Å². The summed E-state index contributed by atoms with van der Waals surface area (Å²) in [6.45, 7) is 0. The van der Waals surface area contributed by atoms with Crippen molar-refractivity contribution in [3.8, 4) is 0 Å². The number of carbonyl (C=O) groups is 1. The summed E-state index contributed by atoms with van der Waals surface area (Å²) in [6, 6.07) is 22.1. The largest absolute Gasteiger partial charge is 0.289 e. The lowest BCUT2D eigenvalue weighted by atomic mass is 9.94. The Kier molecular flexibility index (Phi) is 3.74. The number of hydrogen-bond acceptors (Lipinski definition) is 1. The fraction of sp³-hybridized carbons (Fsp3) is 0.240. The molecule has 0 radical (unpaired) electrons. The summed E-state index contributed by atoms with van der Waals surface area (Å²) in [5.41, 5.74) is 9.49. The molecular weight excluding hydrogens is 316 g/mol. The number of fused-ring (bicyclic) bond motifs is 4. The maximum atomic E-state index is 13.3. The van der Waals surface area contributed by atoms with Gasteiger partial charge < -0.3 is 0 Å². The molecule has 0 fully saturated rings. The van der Waals surface area contributed by atoms with Gasteiger partial charge in [0.2, 0.25) is 0 Å². The average molecular weight is 338 g/mol. The number of rotatable bonds is 0. The average Bonchev–Trinajstić information content (AvgIpc) is 2.82. The first-order chi connectivity index (χ1) is 12.8. The Morgan fingerprint density at radius 2 is 0.846 bits per heavy atom. The number of benzene rings is 3. The molecule has 26 heavy (non-hydrogen) atoms. The van der Waals surface area contributed by atoms with Crippen molar-refractivity contribution < 1.29 is 4.79 Å². The lowest BCUT2D eigenvalue weighted by Gasteiger charge is -2.09. The topological polar surface area (TPSA) is 17.1 Å². The summed E-state index contributed by atoms with van der Waals surface area (Å²) in [7, 11) is 0. The van der Waals surface area contributed by atoms with Gasteiger partial charge >= 0.3 is 0 Å². The van der Waals surface area contributed by atoms with Crippen LogP contribution in [0.15, 0.2) is 60.7 Å². The Morgan fingerprint density at radius 1 is 0.462 bits per heavy atom. The van der Waals surface area contributed by atoms with Gasteiger partial charge in [0.25, 0.3) is 0 Å². The fourth-order valence-corrected chi connectivity index (χ4v) is 4.28. The third-order valence-electron chi connectivity index (χ3n) is 5.93. The van der Waals surface area contributed by atoms with Gasteiger partial charge in [0.05, 0.1) is 0 Å². The lowest BCUT2D eigenvalue weighted by Crippen LogP contribution is -2.06. The third-order valence-corrected chi connectivity index (χ3v) is 5.93. The van der Waals surface area contributed by atoms with Gasteiger partial charge in [0.1, 0.15) is 0 Å². The van der Waals surface area contributed by atoms with Crippen molar-refractivity contribution in [1.82, 2.24) is 0 Å². The van der Waals surface area contributed by atoms with Crippen LogP contribution < -0.4 is 0 Å². The van der Waals surface area contributed by atoms with E-state index in [1.807, 2.05) is 0 Å². The highest BCUT2D eigenvalue weighted by molar-refractivity contribution is 6.11. The molecule has 0 heterocycles. The number of aryl methyl sites for hydroxylation is 6. The Morgan fingerprint density at radius 3 is 1.31 bits per heavy atom. The molecule has 3 aromatic carbocycles.